The highest BCUT2D eigenvalue weighted by atomic mass is 127. The molecular weight excluding hydrogens is 647 g/mol. The SMILES string of the molecule is CN(c1ccc(F)c(F)c1Nc1ccc(I)cc1Cl)S(=O)(=O)NC1COC(C)(C)O1.NS(N)(=O)=O. The smallest absolute Gasteiger partial charge is 0.303 e. The molecule has 1 atom stereocenters. The third-order valence-corrected chi connectivity index (χ3v) is 6.71. The molecule has 3 rings (SSSR count). The number of benzene rings is 2. The molecule has 0 amide bonds. The van der Waals surface area contributed by atoms with Crippen LogP contribution in [0.4, 0.5) is 25.8 Å². The van der Waals surface area contributed by atoms with Crippen molar-refractivity contribution in [3.63, 3.8) is 0 Å². The third kappa shape index (κ3) is 8.90. The zero-order valence-corrected chi connectivity index (χ0v) is 23.1. The van der Waals surface area contributed by atoms with Crippen LogP contribution in [-0.2, 0) is 29.9 Å². The molecule has 0 aliphatic carbocycles. The maximum absolute atomic E-state index is 14.6. The molecular formula is C18H23ClF2IN5O6S2. The van der Waals surface area contributed by atoms with Crippen molar-refractivity contribution in [1.29, 1.82) is 0 Å². The number of rotatable bonds is 6. The minimum atomic E-state index is -4.19. The van der Waals surface area contributed by atoms with Crippen molar-refractivity contribution in [1.82, 2.24) is 4.72 Å². The zero-order chi connectivity index (χ0) is 26.8. The minimum Gasteiger partial charge on any atom is -0.350 e. The fraction of sp³-hybridized carbons (Fsp3) is 0.333. The van der Waals surface area contributed by atoms with E-state index in [0.29, 0.717) is 0 Å². The molecule has 1 aliphatic rings. The van der Waals surface area contributed by atoms with Crippen LogP contribution in [0.2, 0.25) is 5.02 Å². The summed E-state index contributed by atoms with van der Waals surface area (Å²) in [7, 11) is -6.65. The molecule has 0 bridgehead atoms. The van der Waals surface area contributed by atoms with Gasteiger partial charge in [-0.05, 0) is 66.8 Å². The Bertz CT molecular complexity index is 1290. The van der Waals surface area contributed by atoms with Crippen LogP contribution >= 0.6 is 34.2 Å². The minimum absolute atomic E-state index is 0.00121. The second kappa shape index (κ2) is 11.3. The Morgan fingerprint density at radius 2 is 1.77 bits per heavy atom. The van der Waals surface area contributed by atoms with Crippen molar-refractivity contribution in [2.24, 2.45) is 10.3 Å². The van der Waals surface area contributed by atoms with Crippen molar-refractivity contribution < 1.29 is 35.1 Å². The molecule has 35 heavy (non-hydrogen) atoms. The number of nitrogens with one attached hydrogen (secondary N) is 2. The summed E-state index contributed by atoms with van der Waals surface area (Å²) in [4.78, 5) is 0. The molecule has 0 aromatic heterocycles. The number of ether oxygens (including phenoxy) is 2. The van der Waals surface area contributed by atoms with Crippen LogP contribution in [0.5, 0.6) is 0 Å². The Morgan fingerprint density at radius 1 is 1.17 bits per heavy atom. The molecule has 1 saturated heterocycles. The van der Waals surface area contributed by atoms with E-state index in [0.717, 1.165) is 20.0 Å². The molecule has 17 heteroatoms. The van der Waals surface area contributed by atoms with Gasteiger partial charge in [0, 0.05) is 10.6 Å². The summed E-state index contributed by atoms with van der Waals surface area (Å²) in [5.41, 5.74) is -0.222. The average Bonchev–Trinajstić information content (AvgIpc) is 3.03. The van der Waals surface area contributed by atoms with E-state index < -0.39 is 44.1 Å². The van der Waals surface area contributed by atoms with E-state index in [2.05, 4.69) is 42.9 Å². The van der Waals surface area contributed by atoms with Crippen molar-refractivity contribution >= 4 is 71.7 Å². The van der Waals surface area contributed by atoms with E-state index in [1.807, 2.05) is 0 Å². The lowest BCUT2D eigenvalue weighted by Gasteiger charge is -2.25. The second-order valence-corrected chi connectivity index (χ2v) is 12.1. The lowest BCUT2D eigenvalue weighted by atomic mass is 10.2. The van der Waals surface area contributed by atoms with E-state index in [1.165, 1.54) is 7.05 Å². The molecule has 2 aromatic carbocycles. The number of nitrogens with zero attached hydrogens (tertiary/aromatic N) is 1. The van der Waals surface area contributed by atoms with Gasteiger partial charge in [0.05, 0.1) is 23.0 Å². The Morgan fingerprint density at radius 3 is 2.29 bits per heavy atom. The predicted molar refractivity (Wildman–Crippen MR) is 136 cm³/mol. The number of anilines is 3. The van der Waals surface area contributed by atoms with E-state index in [1.54, 1.807) is 32.0 Å². The van der Waals surface area contributed by atoms with E-state index in [-0.39, 0.29) is 28.7 Å². The number of hydrogen-bond donors (Lipinski definition) is 4. The number of halogens is 4. The van der Waals surface area contributed by atoms with Gasteiger partial charge in [-0.2, -0.15) is 21.6 Å². The van der Waals surface area contributed by atoms with Gasteiger partial charge in [-0.1, -0.05) is 11.6 Å². The summed E-state index contributed by atoms with van der Waals surface area (Å²) in [5.74, 6) is -3.33. The van der Waals surface area contributed by atoms with Gasteiger partial charge in [0.25, 0.3) is 10.2 Å². The normalized spacial score (nSPS) is 17.5. The summed E-state index contributed by atoms with van der Waals surface area (Å²) in [6, 6.07) is 6.92. The maximum Gasteiger partial charge on any atom is 0.303 e. The topological polar surface area (TPSA) is 166 Å². The summed E-state index contributed by atoms with van der Waals surface area (Å²) < 4.78 is 87.3. The Labute approximate surface area is 220 Å². The highest BCUT2D eigenvalue weighted by molar-refractivity contribution is 14.1. The first kappa shape index (κ1) is 29.8. The van der Waals surface area contributed by atoms with Crippen LogP contribution in [0.1, 0.15) is 13.8 Å². The summed E-state index contributed by atoms with van der Waals surface area (Å²) >= 11 is 8.23. The number of hydrogen-bond acceptors (Lipinski definition) is 7. The molecule has 1 fully saturated rings. The average molecular weight is 670 g/mol. The van der Waals surface area contributed by atoms with Crippen molar-refractivity contribution in [3.8, 4) is 0 Å². The van der Waals surface area contributed by atoms with Gasteiger partial charge in [-0.25, -0.2) is 19.1 Å². The largest absolute Gasteiger partial charge is 0.350 e. The van der Waals surface area contributed by atoms with E-state index in [4.69, 9.17) is 21.1 Å². The highest BCUT2D eigenvalue weighted by Crippen LogP contribution is 2.36. The van der Waals surface area contributed by atoms with Crippen LogP contribution < -0.4 is 24.6 Å². The quantitative estimate of drug-likeness (QED) is 0.343. The Balaban J connectivity index is 0.000000784. The van der Waals surface area contributed by atoms with Crippen molar-refractivity contribution in [3.05, 3.63) is 50.6 Å². The van der Waals surface area contributed by atoms with E-state index >= 15 is 0 Å². The van der Waals surface area contributed by atoms with Gasteiger partial charge < -0.3 is 14.8 Å². The van der Waals surface area contributed by atoms with Crippen molar-refractivity contribution in [2.45, 2.75) is 25.9 Å². The second-order valence-electron chi connectivity index (χ2n) is 7.50. The lowest BCUT2D eigenvalue weighted by Crippen LogP contribution is -2.45. The first-order chi connectivity index (χ1) is 15.9. The molecule has 2 aromatic rings. The lowest BCUT2D eigenvalue weighted by molar-refractivity contribution is -0.139. The molecule has 1 aliphatic heterocycles. The summed E-state index contributed by atoms with van der Waals surface area (Å²) in [6.45, 7) is 3.29. The van der Waals surface area contributed by atoms with Gasteiger partial charge in [-0.3, -0.25) is 4.31 Å². The predicted octanol–water partition coefficient (Wildman–Crippen LogP) is 2.49. The molecule has 6 N–H and O–H groups in total. The van der Waals surface area contributed by atoms with Crippen LogP contribution in [0, 0.1) is 15.2 Å². The highest BCUT2D eigenvalue weighted by Gasteiger charge is 2.36. The third-order valence-electron chi connectivity index (χ3n) is 4.25. The summed E-state index contributed by atoms with van der Waals surface area (Å²) in [6.07, 6.45) is -0.931. The van der Waals surface area contributed by atoms with Crippen LogP contribution in [0.15, 0.2) is 30.3 Å². The van der Waals surface area contributed by atoms with Crippen LogP contribution in [-0.4, -0.2) is 42.5 Å². The molecule has 1 unspecified atom stereocenters. The Kier molecular flexibility index (Phi) is 9.67. The zero-order valence-electron chi connectivity index (χ0n) is 18.6. The first-order valence-electron chi connectivity index (χ1n) is 9.48. The summed E-state index contributed by atoms with van der Waals surface area (Å²) in [5, 5.41) is 11.2. The molecule has 0 saturated carbocycles. The van der Waals surface area contributed by atoms with Crippen molar-refractivity contribution in [2.75, 3.05) is 23.3 Å². The molecule has 196 valence electrons. The van der Waals surface area contributed by atoms with Gasteiger partial charge in [-0.15, -0.1) is 0 Å². The monoisotopic (exact) mass is 669 g/mol. The van der Waals surface area contributed by atoms with Gasteiger partial charge in [0.1, 0.15) is 11.9 Å². The standard InChI is InChI=1S/C18H19ClF2IN3O4S.H4N2O2S/c1-18(2)28-9-15(29-18)24-30(26,27)25(3)14-7-5-12(20)16(21)17(14)23-13-6-4-10(22)8-11(13)19;1-5(2,3)4/h4-8,15,23-24H,9H2,1-3H3;(H4,1,2,3,4). The van der Waals surface area contributed by atoms with Crippen LogP contribution in [0.25, 0.3) is 0 Å². The molecule has 11 nitrogen and oxygen atoms in total. The molecule has 1 heterocycles. The van der Waals surface area contributed by atoms with E-state index in [9.17, 15) is 25.6 Å². The van der Waals surface area contributed by atoms with Gasteiger partial charge in [0.15, 0.2) is 17.4 Å². The first-order valence-corrected chi connectivity index (χ1v) is 14.0. The fourth-order valence-corrected chi connectivity index (χ4v) is 4.69. The number of nitrogens with two attached hydrogens (primary N) is 2. The van der Waals surface area contributed by atoms with Crippen LogP contribution in [0.3, 0.4) is 0 Å². The Hall–Kier alpha value is -1.38. The molecule has 0 radical (unpaired) electrons. The molecule has 0 spiro atoms. The maximum atomic E-state index is 14.6. The van der Waals surface area contributed by atoms with Gasteiger partial charge >= 0.3 is 10.2 Å². The fourth-order valence-electron chi connectivity index (χ4n) is 2.77. The van der Waals surface area contributed by atoms with Gasteiger partial charge in [0.2, 0.25) is 0 Å².